The summed E-state index contributed by atoms with van der Waals surface area (Å²) in [5.41, 5.74) is 0.644. The van der Waals surface area contributed by atoms with Gasteiger partial charge in [0.15, 0.2) is 0 Å². The highest BCUT2D eigenvalue weighted by Crippen LogP contribution is 2.64. The number of hydrogen-bond donors (Lipinski definition) is 0. The molecule has 0 heterocycles. The molecule has 0 aliphatic heterocycles. The van der Waals surface area contributed by atoms with Crippen LogP contribution in [0.4, 0.5) is 0 Å². The summed E-state index contributed by atoms with van der Waals surface area (Å²) in [5, 5.41) is 0. The molecule has 0 radical (unpaired) electrons. The molecule has 5 fully saturated rings. The standard InChI is InChI=1S/C25H43B/c1-25(2)23-6-4-3-5-21(23)22-12-10-18(15-24(22)25)17-8-7-16-9-11-20(26)14-19(16)13-17/h16-24H,3-15,26H2,1-2H3/t16?,17?,18?,19?,20?,21?,22-,23?,24?/m1/s1. The van der Waals surface area contributed by atoms with Gasteiger partial charge in [-0.15, -0.1) is 0 Å². The Labute approximate surface area is 164 Å². The Morgan fingerprint density at radius 2 is 1.23 bits per heavy atom. The van der Waals surface area contributed by atoms with Gasteiger partial charge >= 0.3 is 0 Å². The fraction of sp³-hybridized carbons (Fsp3) is 1.00. The maximum atomic E-state index is 2.68. The van der Waals surface area contributed by atoms with Gasteiger partial charge < -0.3 is 0 Å². The first-order chi connectivity index (χ1) is 12.5. The maximum absolute atomic E-state index is 2.68. The zero-order valence-corrected chi connectivity index (χ0v) is 17.9. The normalized spacial score (nSPS) is 53.4. The summed E-state index contributed by atoms with van der Waals surface area (Å²) >= 11 is 0. The topological polar surface area (TPSA) is 0 Å². The molecule has 5 aliphatic carbocycles. The van der Waals surface area contributed by atoms with E-state index in [9.17, 15) is 0 Å². The van der Waals surface area contributed by atoms with E-state index in [2.05, 4.69) is 21.7 Å². The Morgan fingerprint density at radius 3 is 2.12 bits per heavy atom. The Balaban J connectivity index is 1.28. The molecule has 8 unspecified atom stereocenters. The summed E-state index contributed by atoms with van der Waals surface area (Å²) < 4.78 is 0. The molecule has 0 aromatic rings. The van der Waals surface area contributed by atoms with Gasteiger partial charge in [0.2, 0.25) is 0 Å². The van der Waals surface area contributed by atoms with Crippen molar-refractivity contribution < 1.29 is 0 Å². The molecule has 26 heavy (non-hydrogen) atoms. The second-order valence-corrected chi connectivity index (χ2v) is 12.2. The SMILES string of the molecule is BC1CCC2CCC(C3CC[C@@H]4C5CCCCC5C(C)(C)C4C3)CC2C1. The highest BCUT2D eigenvalue weighted by atomic mass is 14.6. The van der Waals surface area contributed by atoms with Crippen LogP contribution in [0.5, 0.6) is 0 Å². The van der Waals surface area contributed by atoms with Gasteiger partial charge in [-0.2, -0.15) is 0 Å². The fourth-order valence-corrected chi connectivity index (χ4v) is 9.49. The van der Waals surface area contributed by atoms with Crippen molar-refractivity contribution in [3.63, 3.8) is 0 Å². The van der Waals surface area contributed by atoms with Crippen LogP contribution in [0, 0.1) is 52.8 Å². The summed E-state index contributed by atoms with van der Waals surface area (Å²) in [4.78, 5) is 0. The molecule has 5 rings (SSSR count). The highest BCUT2D eigenvalue weighted by molar-refractivity contribution is 6.11. The second-order valence-electron chi connectivity index (χ2n) is 12.2. The third kappa shape index (κ3) is 2.93. The molecule has 0 N–H and O–H groups in total. The summed E-state index contributed by atoms with van der Waals surface area (Å²) in [5.74, 6) is 9.78. The third-order valence-electron chi connectivity index (χ3n) is 10.8. The van der Waals surface area contributed by atoms with E-state index in [1.807, 2.05) is 0 Å². The molecule has 5 saturated carbocycles. The van der Waals surface area contributed by atoms with Crippen LogP contribution < -0.4 is 0 Å². The van der Waals surface area contributed by atoms with Gasteiger partial charge in [-0.05, 0) is 104 Å². The lowest BCUT2D eigenvalue weighted by atomic mass is 9.57. The zero-order chi connectivity index (χ0) is 17.9. The van der Waals surface area contributed by atoms with Gasteiger partial charge in [-0.25, -0.2) is 0 Å². The Kier molecular flexibility index (Phi) is 4.77. The van der Waals surface area contributed by atoms with E-state index >= 15 is 0 Å². The quantitative estimate of drug-likeness (QED) is 0.471. The first kappa shape index (κ1) is 18.1. The lowest BCUT2D eigenvalue weighted by Gasteiger charge is -2.47. The molecule has 0 saturated heterocycles. The Morgan fingerprint density at radius 1 is 0.577 bits per heavy atom. The smallest absolute Gasteiger partial charge is 0.0694 e. The molecular formula is C25H43B. The van der Waals surface area contributed by atoms with E-state index in [1.165, 1.54) is 19.3 Å². The van der Waals surface area contributed by atoms with E-state index in [4.69, 9.17) is 0 Å². The average molecular weight is 354 g/mol. The van der Waals surface area contributed by atoms with E-state index < -0.39 is 0 Å². The van der Waals surface area contributed by atoms with E-state index in [0.717, 1.165) is 53.2 Å². The van der Waals surface area contributed by atoms with Crippen molar-refractivity contribution in [1.29, 1.82) is 0 Å². The van der Waals surface area contributed by atoms with Crippen molar-refractivity contribution in [1.82, 2.24) is 0 Å². The summed E-state index contributed by atoms with van der Waals surface area (Å²) in [6, 6.07) is 0. The first-order valence-corrected chi connectivity index (χ1v) is 12.5. The van der Waals surface area contributed by atoms with Crippen LogP contribution in [0.2, 0.25) is 5.82 Å². The molecule has 1 heteroatoms. The molecule has 0 nitrogen and oxygen atoms in total. The summed E-state index contributed by atoms with van der Waals surface area (Å²) in [7, 11) is 2.52. The van der Waals surface area contributed by atoms with Crippen molar-refractivity contribution in [3.05, 3.63) is 0 Å². The van der Waals surface area contributed by atoms with Crippen molar-refractivity contribution >= 4 is 7.85 Å². The summed E-state index contributed by atoms with van der Waals surface area (Å²) in [6.45, 7) is 5.37. The maximum Gasteiger partial charge on any atom is 0.105 e. The average Bonchev–Trinajstić information content (AvgIpc) is 2.89. The van der Waals surface area contributed by atoms with Crippen LogP contribution in [0.1, 0.15) is 97.3 Å². The molecule has 0 amide bonds. The molecule has 0 aromatic carbocycles. The van der Waals surface area contributed by atoms with Crippen LogP contribution in [0.25, 0.3) is 0 Å². The number of hydrogen-bond acceptors (Lipinski definition) is 0. The minimum absolute atomic E-state index is 0.644. The molecule has 0 aromatic heterocycles. The van der Waals surface area contributed by atoms with Crippen molar-refractivity contribution in [3.8, 4) is 0 Å². The van der Waals surface area contributed by atoms with Crippen LogP contribution in [0.3, 0.4) is 0 Å². The molecule has 146 valence electrons. The highest BCUT2D eigenvalue weighted by Gasteiger charge is 2.57. The van der Waals surface area contributed by atoms with Gasteiger partial charge in [-0.1, -0.05) is 51.8 Å². The van der Waals surface area contributed by atoms with Gasteiger partial charge in [0.25, 0.3) is 0 Å². The zero-order valence-electron chi connectivity index (χ0n) is 17.9. The van der Waals surface area contributed by atoms with E-state index in [0.29, 0.717) is 5.41 Å². The number of rotatable bonds is 1. The van der Waals surface area contributed by atoms with Crippen LogP contribution >= 0.6 is 0 Å². The predicted octanol–water partition coefficient (Wildman–Crippen LogP) is 6.50. The number of fused-ring (bicyclic) bond motifs is 4. The van der Waals surface area contributed by atoms with Gasteiger partial charge in [-0.3, -0.25) is 0 Å². The van der Waals surface area contributed by atoms with Gasteiger partial charge in [0.05, 0.1) is 0 Å². The minimum Gasteiger partial charge on any atom is -0.0694 e. The Bertz CT molecular complexity index is 510. The van der Waals surface area contributed by atoms with Gasteiger partial charge in [0, 0.05) is 0 Å². The van der Waals surface area contributed by atoms with E-state index in [1.54, 1.807) is 64.2 Å². The van der Waals surface area contributed by atoms with Crippen LogP contribution in [-0.4, -0.2) is 7.85 Å². The summed E-state index contributed by atoms with van der Waals surface area (Å²) in [6.07, 6.45) is 20.4. The van der Waals surface area contributed by atoms with Gasteiger partial charge in [0.1, 0.15) is 7.85 Å². The molecule has 0 bridgehead atoms. The van der Waals surface area contributed by atoms with E-state index in [-0.39, 0.29) is 0 Å². The predicted molar refractivity (Wildman–Crippen MR) is 114 cm³/mol. The van der Waals surface area contributed by atoms with Crippen molar-refractivity contribution in [2.24, 2.45) is 52.8 Å². The first-order valence-electron chi connectivity index (χ1n) is 12.5. The molecule has 0 spiro atoms. The monoisotopic (exact) mass is 354 g/mol. The van der Waals surface area contributed by atoms with Crippen LogP contribution in [-0.2, 0) is 0 Å². The lowest BCUT2D eigenvalue weighted by molar-refractivity contribution is 0.0387. The lowest BCUT2D eigenvalue weighted by Crippen LogP contribution is -2.37. The van der Waals surface area contributed by atoms with Crippen molar-refractivity contribution in [2.45, 2.75) is 103 Å². The molecular weight excluding hydrogens is 311 g/mol. The largest absolute Gasteiger partial charge is 0.105 e. The fourth-order valence-electron chi connectivity index (χ4n) is 9.49. The molecule has 9 atom stereocenters. The minimum atomic E-state index is 0.644. The Hall–Kier alpha value is 0.0649. The molecule has 5 aliphatic rings. The van der Waals surface area contributed by atoms with Crippen LogP contribution in [0.15, 0.2) is 0 Å². The second kappa shape index (κ2) is 6.84. The third-order valence-corrected chi connectivity index (χ3v) is 10.8. The van der Waals surface area contributed by atoms with Crippen molar-refractivity contribution in [2.75, 3.05) is 0 Å².